The highest BCUT2D eigenvalue weighted by Crippen LogP contribution is 2.26. The molecular weight excluding hydrogens is 286 g/mol. The Labute approximate surface area is 127 Å². The number of thioether (sulfide) groups is 1. The second-order valence-electron chi connectivity index (χ2n) is 4.87. The van der Waals surface area contributed by atoms with E-state index in [1.54, 1.807) is 11.8 Å². The van der Waals surface area contributed by atoms with Gasteiger partial charge in [0.2, 0.25) is 5.89 Å². The molecule has 0 unspecified atom stereocenters. The van der Waals surface area contributed by atoms with Gasteiger partial charge in [-0.3, -0.25) is 4.79 Å². The van der Waals surface area contributed by atoms with Crippen LogP contribution in [-0.2, 0) is 0 Å². The Balaban J connectivity index is 1.73. The number of anilines is 1. The van der Waals surface area contributed by atoms with E-state index in [1.165, 1.54) is 6.26 Å². The number of benzene rings is 1. The second kappa shape index (κ2) is 6.32. The zero-order chi connectivity index (χ0) is 14.7. The molecule has 0 radical (unpaired) electrons. The van der Waals surface area contributed by atoms with Gasteiger partial charge < -0.3 is 15.1 Å². The molecule has 1 saturated heterocycles. The quantitative estimate of drug-likeness (QED) is 0.850. The minimum Gasteiger partial charge on any atom is -0.446 e. The average molecular weight is 303 g/mol. The maximum Gasteiger partial charge on any atom is 0.277 e. The Morgan fingerprint density at radius 1 is 1.48 bits per heavy atom. The number of oxazole rings is 1. The third-order valence-electron chi connectivity index (χ3n) is 3.47. The highest BCUT2D eigenvalue weighted by Gasteiger charge is 2.23. The van der Waals surface area contributed by atoms with Gasteiger partial charge in [-0.25, -0.2) is 4.98 Å². The zero-order valence-corrected chi connectivity index (χ0v) is 12.6. The molecule has 3 rings (SSSR count). The minimum absolute atomic E-state index is 0.130. The maximum absolute atomic E-state index is 12.2. The summed E-state index contributed by atoms with van der Waals surface area (Å²) in [6.07, 6.45) is 5.50. The fourth-order valence-electron chi connectivity index (χ4n) is 2.38. The van der Waals surface area contributed by atoms with Crippen LogP contribution in [-0.4, -0.2) is 23.7 Å². The second-order valence-corrected chi connectivity index (χ2v) is 5.72. The highest BCUT2D eigenvalue weighted by molar-refractivity contribution is 7.98. The van der Waals surface area contributed by atoms with Gasteiger partial charge in [-0.2, -0.15) is 0 Å². The van der Waals surface area contributed by atoms with Gasteiger partial charge in [0.15, 0.2) is 5.69 Å². The molecule has 110 valence electrons. The van der Waals surface area contributed by atoms with Crippen molar-refractivity contribution in [3.8, 4) is 0 Å². The monoisotopic (exact) mass is 303 g/mol. The number of hydrogen-bond acceptors (Lipinski definition) is 5. The summed E-state index contributed by atoms with van der Waals surface area (Å²) >= 11 is 1.59. The van der Waals surface area contributed by atoms with Gasteiger partial charge >= 0.3 is 0 Å². The van der Waals surface area contributed by atoms with E-state index in [0.29, 0.717) is 11.6 Å². The highest BCUT2D eigenvalue weighted by atomic mass is 32.2. The van der Waals surface area contributed by atoms with Crippen LogP contribution >= 0.6 is 11.8 Å². The summed E-state index contributed by atoms with van der Waals surface area (Å²) in [5, 5.41) is 6.18. The first-order valence-electron chi connectivity index (χ1n) is 6.91. The van der Waals surface area contributed by atoms with Crippen molar-refractivity contribution in [1.29, 1.82) is 0 Å². The number of rotatable bonds is 4. The molecule has 1 aliphatic rings. The number of amides is 1. The van der Waals surface area contributed by atoms with E-state index in [4.69, 9.17) is 4.42 Å². The Bertz CT molecular complexity index is 635. The van der Waals surface area contributed by atoms with Crippen LogP contribution in [0.5, 0.6) is 0 Å². The lowest BCUT2D eigenvalue weighted by Crippen LogP contribution is -2.15. The van der Waals surface area contributed by atoms with E-state index in [-0.39, 0.29) is 11.9 Å². The first-order chi connectivity index (χ1) is 10.3. The third-order valence-corrected chi connectivity index (χ3v) is 4.26. The van der Waals surface area contributed by atoms with Crippen molar-refractivity contribution >= 4 is 23.4 Å². The van der Waals surface area contributed by atoms with Crippen molar-refractivity contribution < 1.29 is 9.21 Å². The number of hydrogen-bond donors (Lipinski definition) is 2. The van der Waals surface area contributed by atoms with Crippen LogP contribution in [0.3, 0.4) is 0 Å². The van der Waals surface area contributed by atoms with Crippen LogP contribution in [0.4, 0.5) is 5.69 Å². The molecule has 1 fully saturated rings. The molecule has 0 saturated carbocycles. The molecule has 2 N–H and O–H groups in total. The number of nitrogens with zero attached hydrogens (tertiary/aromatic N) is 1. The van der Waals surface area contributed by atoms with Crippen molar-refractivity contribution in [2.24, 2.45) is 0 Å². The summed E-state index contributed by atoms with van der Waals surface area (Å²) in [5.41, 5.74) is 1.10. The summed E-state index contributed by atoms with van der Waals surface area (Å²) in [5.74, 6) is 0.347. The predicted molar refractivity (Wildman–Crippen MR) is 82.7 cm³/mol. The number of para-hydroxylation sites is 1. The Kier molecular flexibility index (Phi) is 4.26. The topological polar surface area (TPSA) is 67.2 Å². The third kappa shape index (κ3) is 3.11. The van der Waals surface area contributed by atoms with Crippen molar-refractivity contribution in [3.05, 3.63) is 42.1 Å². The molecular formula is C15H17N3O2S. The molecule has 6 heteroatoms. The molecule has 1 atom stereocenters. The lowest BCUT2D eigenvalue weighted by Gasteiger charge is -2.07. The molecule has 2 heterocycles. The molecule has 1 amide bonds. The Morgan fingerprint density at radius 3 is 3.10 bits per heavy atom. The Hall–Kier alpha value is -1.79. The Morgan fingerprint density at radius 2 is 2.33 bits per heavy atom. The number of carbonyl (C=O) groups is 1. The van der Waals surface area contributed by atoms with Crippen LogP contribution in [0.25, 0.3) is 0 Å². The molecule has 2 aromatic rings. The van der Waals surface area contributed by atoms with E-state index in [1.807, 2.05) is 30.5 Å². The van der Waals surface area contributed by atoms with Crippen molar-refractivity contribution in [3.63, 3.8) is 0 Å². The normalized spacial score (nSPS) is 17.9. The van der Waals surface area contributed by atoms with E-state index in [2.05, 4.69) is 15.6 Å². The summed E-state index contributed by atoms with van der Waals surface area (Å²) in [6.45, 7) is 0.968. The fourth-order valence-corrected chi connectivity index (χ4v) is 2.94. The van der Waals surface area contributed by atoms with Crippen molar-refractivity contribution in [2.45, 2.75) is 23.8 Å². The first-order valence-corrected chi connectivity index (χ1v) is 8.13. The molecule has 1 aromatic carbocycles. The lowest BCUT2D eigenvalue weighted by atomic mass is 10.2. The van der Waals surface area contributed by atoms with Crippen LogP contribution in [0.15, 0.2) is 39.8 Å². The maximum atomic E-state index is 12.2. The van der Waals surface area contributed by atoms with E-state index in [0.717, 1.165) is 30.0 Å². The molecule has 21 heavy (non-hydrogen) atoms. The molecule has 1 aliphatic heterocycles. The van der Waals surface area contributed by atoms with Gasteiger partial charge in [-0.05, 0) is 37.8 Å². The average Bonchev–Trinajstić information content (AvgIpc) is 3.18. The molecule has 0 spiro atoms. The zero-order valence-electron chi connectivity index (χ0n) is 11.8. The number of aromatic nitrogens is 1. The van der Waals surface area contributed by atoms with Crippen LogP contribution in [0.2, 0.25) is 0 Å². The molecule has 5 nitrogen and oxygen atoms in total. The summed E-state index contributed by atoms with van der Waals surface area (Å²) in [6, 6.07) is 7.82. The van der Waals surface area contributed by atoms with Crippen LogP contribution in [0, 0.1) is 0 Å². The van der Waals surface area contributed by atoms with E-state index >= 15 is 0 Å². The van der Waals surface area contributed by atoms with Crippen molar-refractivity contribution in [2.75, 3.05) is 18.1 Å². The standard InChI is InChI=1S/C15H17N3O2S/c1-21-13-7-3-2-5-10(13)17-14(19)12-9-20-15(18-12)11-6-4-8-16-11/h2-3,5,7,9,11,16H,4,6,8H2,1H3,(H,17,19)/t11-/m0/s1. The minimum atomic E-state index is -0.246. The van der Waals surface area contributed by atoms with Crippen LogP contribution in [0.1, 0.15) is 35.3 Å². The number of carbonyl (C=O) groups excluding carboxylic acids is 1. The van der Waals surface area contributed by atoms with Crippen molar-refractivity contribution in [1.82, 2.24) is 10.3 Å². The summed E-state index contributed by atoms with van der Waals surface area (Å²) in [7, 11) is 0. The van der Waals surface area contributed by atoms with Crippen LogP contribution < -0.4 is 10.6 Å². The van der Waals surface area contributed by atoms with Gasteiger partial charge in [0.05, 0.1) is 11.7 Å². The van der Waals surface area contributed by atoms with Gasteiger partial charge in [-0.1, -0.05) is 12.1 Å². The molecule has 0 aliphatic carbocycles. The summed E-state index contributed by atoms with van der Waals surface area (Å²) in [4.78, 5) is 17.6. The first kappa shape index (κ1) is 14.2. The van der Waals surface area contributed by atoms with Gasteiger partial charge in [-0.15, -0.1) is 11.8 Å². The molecule has 0 bridgehead atoms. The molecule has 1 aromatic heterocycles. The van der Waals surface area contributed by atoms with E-state index < -0.39 is 0 Å². The lowest BCUT2D eigenvalue weighted by molar-refractivity contribution is 0.102. The summed E-state index contributed by atoms with van der Waals surface area (Å²) < 4.78 is 5.42. The SMILES string of the molecule is CSc1ccccc1NC(=O)c1coc([C@@H]2CCCN2)n1. The van der Waals surface area contributed by atoms with Gasteiger partial charge in [0.1, 0.15) is 6.26 Å². The predicted octanol–water partition coefficient (Wildman–Crippen LogP) is 3.07. The smallest absolute Gasteiger partial charge is 0.277 e. The van der Waals surface area contributed by atoms with Gasteiger partial charge in [0, 0.05) is 4.90 Å². The fraction of sp³-hybridized carbons (Fsp3) is 0.333. The number of nitrogens with one attached hydrogen (secondary N) is 2. The largest absolute Gasteiger partial charge is 0.446 e. The van der Waals surface area contributed by atoms with Gasteiger partial charge in [0.25, 0.3) is 5.91 Å². The van der Waals surface area contributed by atoms with E-state index in [9.17, 15) is 4.79 Å².